The Morgan fingerprint density at radius 2 is 0.784 bits per heavy atom. The van der Waals surface area contributed by atoms with E-state index in [4.69, 9.17) is 28.2 Å². The Labute approximate surface area is 290 Å². The summed E-state index contributed by atoms with van der Waals surface area (Å²) in [6, 6.07) is 51.1. The molecule has 11 aromatic rings. The zero-order valence-electron chi connectivity index (χ0n) is 27.0. The number of benzene rings is 7. The molecule has 0 atom stereocenters. The van der Waals surface area contributed by atoms with Crippen LogP contribution in [0.15, 0.2) is 165 Å². The second-order valence-corrected chi connectivity index (χ2v) is 12.8. The lowest BCUT2D eigenvalue weighted by Crippen LogP contribution is -2.00. The van der Waals surface area contributed by atoms with Crippen molar-refractivity contribution in [1.29, 1.82) is 0 Å². The summed E-state index contributed by atoms with van der Waals surface area (Å²) in [5, 5.41) is 6.26. The Morgan fingerprint density at radius 3 is 1.61 bits per heavy atom. The van der Waals surface area contributed by atoms with E-state index in [1.54, 1.807) is 0 Å². The summed E-state index contributed by atoms with van der Waals surface area (Å²) in [4.78, 5) is 15.1. The molecule has 0 unspecified atom stereocenters. The smallest absolute Gasteiger partial charge is 0.164 e. The SMILES string of the molecule is c1ccc(-c2nc(-c3ccc4c(c3)oc3ccccc34)nc(-c3cccc4oc5cc(-c6cccc7oc8ccccc8c67)ccc5c34)n2)cc1. The van der Waals surface area contributed by atoms with Crippen LogP contribution >= 0.6 is 0 Å². The maximum absolute atomic E-state index is 6.56. The number of rotatable bonds is 4. The molecule has 0 amide bonds. The molecule has 0 aliphatic rings. The second kappa shape index (κ2) is 10.7. The van der Waals surface area contributed by atoms with Crippen molar-refractivity contribution in [2.75, 3.05) is 0 Å². The molecule has 0 saturated heterocycles. The zero-order chi connectivity index (χ0) is 33.5. The Bertz CT molecular complexity index is 3150. The summed E-state index contributed by atoms with van der Waals surface area (Å²) in [7, 11) is 0. The second-order valence-electron chi connectivity index (χ2n) is 12.8. The first-order valence-corrected chi connectivity index (χ1v) is 16.8. The van der Waals surface area contributed by atoms with Crippen LogP contribution in [0.25, 0.3) is 111 Å². The van der Waals surface area contributed by atoms with Gasteiger partial charge in [-0.1, -0.05) is 103 Å². The van der Waals surface area contributed by atoms with Crippen LogP contribution in [0.3, 0.4) is 0 Å². The van der Waals surface area contributed by atoms with Crippen molar-refractivity contribution < 1.29 is 13.3 Å². The molecular formula is C45H25N3O3. The Hall–Kier alpha value is -7.05. The van der Waals surface area contributed by atoms with Gasteiger partial charge in [-0.2, -0.15) is 0 Å². The van der Waals surface area contributed by atoms with Crippen molar-refractivity contribution in [1.82, 2.24) is 15.0 Å². The molecule has 0 bridgehead atoms. The average Bonchev–Trinajstić information content (AvgIpc) is 3.88. The predicted octanol–water partition coefficient (Wildman–Crippen LogP) is 12.2. The molecule has 11 rings (SSSR count). The van der Waals surface area contributed by atoms with E-state index in [1.165, 1.54) is 0 Å². The van der Waals surface area contributed by atoms with Crippen LogP contribution in [0.2, 0.25) is 0 Å². The first-order chi connectivity index (χ1) is 25.2. The van der Waals surface area contributed by atoms with Crippen molar-refractivity contribution in [2.24, 2.45) is 0 Å². The van der Waals surface area contributed by atoms with Crippen LogP contribution in [0.5, 0.6) is 0 Å². The van der Waals surface area contributed by atoms with E-state index in [1.807, 2.05) is 97.1 Å². The molecule has 51 heavy (non-hydrogen) atoms. The summed E-state index contributed by atoms with van der Waals surface area (Å²) in [5.74, 6) is 1.72. The molecule has 4 aromatic heterocycles. The molecule has 238 valence electrons. The molecular weight excluding hydrogens is 631 g/mol. The van der Waals surface area contributed by atoms with Crippen molar-refractivity contribution in [2.45, 2.75) is 0 Å². The van der Waals surface area contributed by atoms with Crippen LogP contribution in [0, 0.1) is 0 Å². The van der Waals surface area contributed by atoms with Crippen LogP contribution < -0.4 is 0 Å². The number of hydrogen-bond acceptors (Lipinski definition) is 6. The zero-order valence-corrected chi connectivity index (χ0v) is 27.0. The van der Waals surface area contributed by atoms with Gasteiger partial charge in [0.15, 0.2) is 17.5 Å². The number of aromatic nitrogens is 3. The molecule has 0 N–H and O–H groups in total. The summed E-state index contributed by atoms with van der Waals surface area (Å²) >= 11 is 0. The number of nitrogens with zero attached hydrogens (tertiary/aromatic N) is 3. The van der Waals surface area contributed by atoms with Crippen molar-refractivity contribution in [3.8, 4) is 45.3 Å². The van der Waals surface area contributed by atoms with Gasteiger partial charge in [-0.05, 0) is 59.7 Å². The highest BCUT2D eigenvalue weighted by Crippen LogP contribution is 2.41. The molecule has 0 radical (unpaired) electrons. The van der Waals surface area contributed by atoms with Gasteiger partial charge >= 0.3 is 0 Å². The van der Waals surface area contributed by atoms with E-state index in [9.17, 15) is 0 Å². The topological polar surface area (TPSA) is 78.1 Å². The Balaban J connectivity index is 1.10. The summed E-state index contributed by atoms with van der Waals surface area (Å²) in [6.07, 6.45) is 0. The van der Waals surface area contributed by atoms with E-state index in [0.717, 1.165) is 93.6 Å². The van der Waals surface area contributed by atoms with Gasteiger partial charge in [0.05, 0.1) is 0 Å². The van der Waals surface area contributed by atoms with Gasteiger partial charge in [0, 0.05) is 49.0 Å². The van der Waals surface area contributed by atoms with Gasteiger partial charge in [-0.25, -0.2) is 15.0 Å². The minimum atomic E-state index is 0.564. The fourth-order valence-corrected chi connectivity index (χ4v) is 7.40. The van der Waals surface area contributed by atoms with Crippen molar-refractivity contribution in [3.63, 3.8) is 0 Å². The molecule has 0 fully saturated rings. The van der Waals surface area contributed by atoms with E-state index in [0.29, 0.717) is 17.5 Å². The third kappa shape index (κ3) is 4.33. The first-order valence-electron chi connectivity index (χ1n) is 16.8. The maximum atomic E-state index is 6.56. The third-order valence-electron chi connectivity index (χ3n) is 9.76. The summed E-state index contributed by atoms with van der Waals surface area (Å²) < 4.78 is 19.0. The maximum Gasteiger partial charge on any atom is 0.164 e. The van der Waals surface area contributed by atoms with Gasteiger partial charge < -0.3 is 13.3 Å². The number of fused-ring (bicyclic) bond motifs is 9. The summed E-state index contributed by atoms with van der Waals surface area (Å²) in [5.41, 5.74) is 9.68. The van der Waals surface area contributed by atoms with Crippen molar-refractivity contribution >= 4 is 65.8 Å². The highest BCUT2D eigenvalue weighted by atomic mass is 16.3. The fourth-order valence-electron chi connectivity index (χ4n) is 7.40. The lowest BCUT2D eigenvalue weighted by molar-refractivity contribution is 0.668. The van der Waals surface area contributed by atoms with Crippen LogP contribution in [-0.4, -0.2) is 15.0 Å². The minimum Gasteiger partial charge on any atom is -0.456 e. The van der Waals surface area contributed by atoms with Crippen LogP contribution in [0.1, 0.15) is 0 Å². The van der Waals surface area contributed by atoms with Crippen LogP contribution in [-0.2, 0) is 0 Å². The monoisotopic (exact) mass is 655 g/mol. The lowest BCUT2D eigenvalue weighted by atomic mass is 9.98. The molecule has 4 heterocycles. The number of para-hydroxylation sites is 2. The number of hydrogen-bond donors (Lipinski definition) is 0. The molecule has 6 nitrogen and oxygen atoms in total. The average molecular weight is 656 g/mol. The molecule has 0 aliphatic heterocycles. The Morgan fingerprint density at radius 1 is 0.294 bits per heavy atom. The van der Waals surface area contributed by atoms with Gasteiger partial charge in [0.25, 0.3) is 0 Å². The van der Waals surface area contributed by atoms with Gasteiger partial charge in [-0.3, -0.25) is 0 Å². The van der Waals surface area contributed by atoms with Crippen LogP contribution in [0.4, 0.5) is 0 Å². The fraction of sp³-hybridized carbons (Fsp3) is 0. The molecule has 0 spiro atoms. The highest BCUT2D eigenvalue weighted by molar-refractivity contribution is 6.15. The quantitative estimate of drug-likeness (QED) is 0.188. The molecule has 0 aliphatic carbocycles. The predicted molar refractivity (Wildman–Crippen MR) is 203 cm³/mol. The standard InChI is InChI=1S/C45H25N3O3/c1-2-10-26(11-3-1)43-46-44(28-21-22-31-30-12-4-6-16-35(30)50-39(31)25-28)48-45(47-43)34-15-9-19-38-42(34)33-23-20-27(24-40(33)51-38)29-14-8-18-37-41(29)32-13-5-7-17-36(32)49-37/h1-25H. The molecule has 7 aromatic carbocycles. The number of furan rings is 3. The molecule has 6 heteroatoms. The van der Waals surface area contributed by atoms with E-state index >= 15 is 0 Å². The van der Waals surface area contributed by atoms with E-state index in [-0.39, 0.29) is 0 Å². The van der Waals surface area contributed by atoms with Gasteiger partial charge in [0.2, 0.25) is 0 Å². The van der Waals surface area contributed by atoms with E-state index < -0.39 is 0 Å². The van der Waals surface area contributed by atoms with E-state index in [2.05, 4.69) is 54.6 Å². The molecule has 0 saturated carbocycles. The Kier molecular flexibility index (Phi) is 5.86. The largest absolute Gasteiger partial charge is 0.456 e. The lowest BCUT2D eigenvalue weighted by Gasteiger charge is -2.09. The van der Waals surface area contributed by atoms with Gasteiger partial charge in [0.1, 0.15) is 33.5 Å². The van der Waals surface area contributed by atoms with Gasteiger partial charge in [-0.15, -0.1) is 0 Å². The summed E-state index contributed by atoms with van der Waals surface area (Å²) in [6.45, 7) is 0. The normalized spacial score (nSPS) is 11.9. The highest BCUT2D eigenvalue weighted by Gasteiger charge is 2.20. The third-order valence-corrected chi connectivity index (χ3v) is 9.76. The minimum absolute atomic E-state index is 0.564. The van der Waals surface area contributed by atoms with Crippen molar-refractivity contribution in [3.05, 3.63) is 152 Å². The first kappa shape index (κ1) is 27.9.